The van der Waals surface area contributed by atoms with Gasteiger partial charge < -0.3 is 0 Å². The van der Waals surface area contributed by atoms with Crippen LogP contribution in [0.2, 0.25) is 0 Å². The minimum absolute atomic E-state index is 0.201. The van der Waals surface area contributed by atoms with Crippen LogP contribution in [0.15, 0.2) is 30.3 Å². The molecular weight excluding hydrogens is 189 g/mol. The first-order valence-corrected chi connectivity index (χ1v) is 4.92. The quantitative estimate of drug-likeness (QED) is 0.342. The topological polar surface area (TPSA) is 49.5 Å². The van der Waals surface area contributed by atoms with Gasteiger partial charge in [-0.1, -0.05) is 30.3 Å². The number of benzene rings is 1. The smallest absolute Gasteiger partial charge is 0.296 e. The van der Waals surface area contributed by atoms with Gasteiger partial charge in [-0.2, -0.15) is 0 Å². The van der Waals surface area contributed by atoms with E-state index in [-0.39, 0.29) is 20.5 Å². The van der Waals surface area contributed by atoms with Crippen LogP contribution in [0.1, 0.15) is 5.56 Å². The van der Waals surface area contributed by atoms with Gasteiger partial charge in [0.15, 0.2) is 0 Å². The van der Waals surface area contributed by atoms with Crippen LogP contribution in [0, 0.1) is 4.91 Å². The standard InChI is InChI=1S/C8H11NO3P/c10-9(11)7-12-13-6-8-4-2-1-3-5-8/h1-5,13H,6-7H2,(H,10,11)/q+1. The lowest BCUT2D eigenvalue weighted by Crippen LogP contribution is -2.03. The van der Waals surface area contributed by atoms with Crippen LogP contribution in [0.4, 0.5) is 0 Å². The third kappa shape index (κ3) is 4.55. The van der Waals surface area contributed by atoms with Gasteiger partial charge in [0, 0.05) is 15.0 Å². The highest BCUT2D eigenvalue weighted by Gasteiger charge is 2.01. The molecule has 0 aliphatic carbocycles. The molecule has 0 aliphatic rings. The van der Waals surface area contributed by atoms with E-state index < -0.39 is 0 Å². The molecule has 0 aromatic heterocycles. The fourth-order valence-electron chi connectivity index (χ4n) is 0.831. The van der Waals surface area contributed by atoms with Crippen LogP contribution in [-0.4, -0.2) is 16.9 Å². The molecule has 0 fully saturated rings. The Hall–Kier alpha value is -0.990. The average molecular weight is 200 g/mol. The van der Waals surface area contributed by atoms with Crippen molar-refractivity contribution in [2.24, 2.45) is 0 Å². The summed E-state index contributed by atoms with van der Waals surface area (Å²) in [5, 5.41) is 8.21. The monoisotopic (exact) mass is 200 g/mol. The van der Waals surface area contributed by atoms with E-state index in [2.05, 4.69) is 0 Å². The third-order valence-electron chi connectivity index (χ3n) is 1.40. The summed E-state index contributed by atoms with van der Waals surface area (Å²) in [4.78, 5) is 9.78. The summed E-state index contributed by atoms with van der Waals surface area (Å²) < 4.78 is 4.89. The maximum absolute atomic E-state index is 10.0. The van der Waals surface area contributed by atoms with Gasteiger partial charge >= 0.3 is 6.73 Å². The lowest BCUT2D eigenvalue weighted by atomic mass is 10.2. The summed E-state index contributed by atoms with van der Waals surface area (Å²) >= 11 is 0. The molecule has 0 bridgehead atoms. The number of rotatable bonds is 5. The molecule has 0 aliphatic heterocycles. The summed E-state index contributed by atoms with van der Waals surface area (Å²) in [5.74, 6) is 0. The Balaban J connectivity index is 2.17. The average Bonchev–Trinajstić information content (AvgIpc) is 2.14. The fraction of sp³-hybridized carbons (Fsp3) is 0.250. The van der Waals surface area contributed by atoms with Gasteiger partial charge in [0.05, 0.1) is 4.91 Å². The molecule has 0 amide bonds. The van der Waals surface area contributed by atoms with Gasteiger partial charge in [-0.25, -0.2) is 5.21 Å². The van der Waals surface area contributed by atoms with Gasteiger partial charge in [0.25, 0.3) is 0 Å². The van der Waals surface area contributed by atoms with Crippen molar-refractivity contribution in [2.45, 2.75) is 6.16 Å². The van der Waals surface area contributed by atoms with Gasteiger partial charge in [-0.15, -0.1) is 0 Å². The highest BCUT2D eigenvalue weighted by atomic mass is 31.1. The van der Waals surface area contributed by atoms with Crippen LogP contribution in [0.3, 0.4) is 0 Å². The van der Waals surface area contributed by atoms with Crippen LogP contribution in [0.5, 0.6) is 0 Å². The molecule has 1 rings (SSSR count). The van der Waals surface area contributed by atoms with Crippen molar-refractivity contribution in [3.05, 3.63) is 40.8 Å². The van der Waals surface area contributed by atoms with Crippen molar-refractivity contribution >= 4 is 8.81 Å². The van der Waals surface area contributed by atoms with Crippen molar-refractivity contribution in [3.63, 3.8) is 0 Å². The molecule has 4 nitrogen and oxygen atoms in total. The van der Waals surface area contributed by atoms with Crippen LogP contribution in [0.25, 0.3) is 0 Å². The van der Waals surface area contributed by atoms with Gasteiger partial charge in [-0.05, 0) is 5.56 Å². The zero-order chi connectivity index (χ0) is 9.52. The summed E-state index contributed by atoms with van der Waals surface area (Å²) in [6.45, 7) is -0.286. The SMILES string of the molecule is O=[N+](O)COPCc1ccccc1. The first kappa shape index (κ1) is 10.1. The highest BCUT2D eigenvalue weighted by Crippen LogP contribution is 2.18. The second-order valence-corrected chi connectivity index (χ2v) is 3.36. The number of hydrogen-bond acceptors (Lipinski definition) is 2. The van der Waals surface area contributed by atoms with Crippen LogP contribution in [-0.2, 0) is 10.7 Å². The maximum Gasteiger partial charge on any atom is 0.353 e. The molecule has 1 N–H and O–H groups in total. The molecular formula is C8H11NO3P+. The molecule has 1 unspecified atom stereocenters. The zero-order valence-corrected chi connectivity index (χ0v) is 8.01. The largest absolute Gasteiger partial charge is 0.353 e. The molecule has 0 radical (unpaired) electrons. The molecule has 70 valence electrons. The van der Waals surface area contributed by atoms with E-state index >= 15 is 0 Å². The van der Waals surface area contributed by atoms with Crippen molar-refractivity contribution < 1.29 is 14.7 Å². The van der Waals surface area contributed by atoms with Gasteiger partial charge in [-0.3, -0.25) is 4.52 Å². The Morgan fingerprint density at radius 3 is 2.69 bits per heavy atom. The molecule has 0 saturated carbocycles. The fourth-order valence-corrected chi connectivity index (χ4v) is 1.54. The molecule has 5 heteroatoms. The van der Waals surface area contributed by atoms with E-state index in [1.807, 2.05) is 30.3 Å². The lowest BCUT2D eigenvalue weighted by Gasteiger charge is -1.97. The van der Waals surface area contributed by atoms with Crippen molar-refractivity contribution in [3.8, 4) is 0 Å². The number of hydrogen-bond donors (Lipinski definition) is 1. The van der Waals surface area contributed by atoms with Crippen molar-refractivity contribution in [1.82, 2.24) is 0 Å². The minimum Gasteiger partial charge on any atom is -0.296 e. The van der Waals surface area contributed by atoms with E-state index in [1.54, 1.807) is 0 Å². The second-order valence-electron chi connectivity index (χ2n) is 2.43. The van der Waals surface area contributed by atoms with Crippen LogP contribution < -0.4 is 0 Å². The van der Waals surface area contributed by atoms with Gasteiger partial charge in [0.1, 0.15) is 0 Å². The van der Waals surface area contributed by atoms with Crippen molar-refractivity contribution in [2.75, 3.05) is 6.73 Å². The molecule has 1 atom stereocenters. The molecule has 1 aromatic rings. The Kier molecular flexibility index (Phi) is 4.36. The normalized spacial score (nSPS) is 10.8. The van der Waals surface area contributed by atoms with E-state index in [0.29, 0.717) is 0 Å². The predicted molar refractivity (Wildman–Crippen MR) is 49.8 cm³/mol. The lowest BCUT2D eigenvalue weighted by molar-refractivity contribution is -0.806. The zero-order valence-electron chi connectivity index (χ0n) is 7.01. The first-order valence-electron chi connectivity index (χ1n) is 3.81. The van der Waals surface area contributed by atoms with E-state index in [9.17, 15) is 4.91 Å². The predicted octanol–water partition coefficient (Wildman–Crippen LogP) is 1.92. The van der Waals surface area contributed by atoms with Crippen molar-refractivity contribution in [1.29, 1.82) is 0 Å². The van der Waals surface area contributed by atoms with Crippen LogP contribution >= 0.6 is 8.81 Å². The molecule has 13 heavy (non-hydrogen) atoms. The Morgan fingerprint density at radius 2 is 2.08 bits per heavy atom. The van der Waals surface area contributed by atoms with E-state index in [1.165, 1.54) is 0 Å². The summed E-state index contributed by atoms with van der Waals surface area (Å²) in [6, 6.07) is 9.83. The molecule has 1 aromatic carbocycles. The third-order valence-corrected chi connectivity index (χ3v) is 2.28. The Labute approximate surface area is 77.9 Å². The maximum atomic E-state index is 10.0. The second kappa shape index (κ2) is 5.62. The molecule has 0 heterocycles. The summed E-state index contributed by atoms with van der Waals surface area (Å²) in [5.41, 5.74) is 1.16. The molecule has 0 spiro atoms. The summed E-state index contributed by atoms with van der Waals surface area (Å²) in [7, 11) is 0.201. The Morgan fingerprint density at radius 1 is 1.38 bits per heavy atom. The molecule has 0 saturated heterocycles. The first-order chi connectivity index (χ1) is 6.29. The minimum atomic E-state index is -0.286. The summed E-state index contributed by atoms with van der Waals surface area (Å²) in [6.07, 6.45) is 0.772. The van der Waals surface area contributed by atoms with Gasteiger partial charge in [0.2, 0.25) is 4.92 Å². The van der Waals surface area contributed by atoms with E-state index in [4.69, 9.17) is 9.73 Å². The van der Waals surface area contributed by atoms with E-state index in [0.717, 1.165) is 11.7 Å². The number of nitrogens with zero attached hydrogens (tertiary/aromatic N) is 1. The Bertz CT molecular complexity index is 265. The highest BCUT2D eigenvalue weighted by molar-refractivity contribution is 7.31.